The second-order valence-corrected chi connectivity index (χ2v) is 5.17. The quantitative estimate of drug-likeness (QED) is 0.609. The van der Waals surface area contributed by atoms with Crippen molar-refractivity contribution in [3.63, 3.8) is 0 Å². The average Bonchev–Trinajstić information content (AvgIpc) is 2.59. The lowest BCUT2D eigenvalue weighted by molar-refractivity contribution is -0.231. The van der Waals surface area contributed by atoms with Crippen molar-refractivity contribution in [2.24, 2.45) is 5.92 Å². The van der Waals surface area contributed by atoms with E-state index in [-0.39, 0.29) is 24.6 Å². The largest absolute Gasteiger partial charge is 0.373 e. The maximum Gasteiger partial charge on any atom is 0.190 e. The van der Waals surface area contributed by atoms with Crippen LogP contribution in [-0.2, 0) is 18.9 Å². The molecule has 0 unspecified atom stereocenters. The molecule has 3 saturated heterocycles. The first-order valence-electron chi connectivity index (χ1n) is 5.69. The highest BCUT2D eigenvalue weighted by atomic mass is 16.8. The molecule has 4 heteroatoms. The molecule has 0 N–H and O–H groups in total. The van der Waals surface area contributed by atoms with E-state index in [4.69, 9.17) is 18.9 Å². The number of fused-ring (bicyclic) bond motifs is 3. The number of ether oxygens (including phenoxy) is 4. The normalized spacial score (nSPS) is 52.6. The van der Waals surface area contributed by atoms with E-state index in [1.54, 1.807) is 0 Å². The van der Waals surface area contributed by atoms with Crippen molar-refractivity contribution in [3.8, 4) is 0 Å². The van der Waals surface area contributed by atoms with Gasteiger partial charge in [0.25, 0.3) is 0 Å². The maximum absolute atomic E-state index is 5.86. The zero-order chi connectivity index (χ0) is 10.6. The van der Waals surface area contributed by atoms with Crippen LogP contribution < -0.4 is 0 Å². The smallest absolute Gasteiger partial charge is 0.190 e. The van der Waals surface area contributed by atoms with Crippen LogP contribution in [0.2, 0.25) is 0 Å². The summed E-state index contributed by atoms with van der Waals surface area (Å²) in [6, 6.07) is 0. The maximum atomic E-state index is 5.86. The van der Waals surface area contributed by atoms with Gasteiger partial charge in [-0.15, -0.1) is 0 Å². The first-order valence-corrected chi connectivity index (χ1v) is 5.69. The van der Waals surface area contributed by atoms with E-state index in [0.717, 1.165) is 13.0 Å². The predicted molar refractivity (Wildman–Crippen MR) is 52.2 cm³/mol. The molecular formula is C11H18O4. The molecule has 3 fully saturated rings. The van der Waals surface area contributed by atoms with E-state index in [9.17, 15) is 0 Å². The number of rotatable bonds is 0. The summed E-state index contributed by atoms with van der Waals surface area (Å²) in [5.74, 6) is -0.00526. The van der Waals surface area contributed by atoms with E-state index in [2.05, 4.69) is 6.92 Å². The van der Waals surface area contributed by atoms with Gasteiger partial charge in [0.2, 0.25) is 0 Å². The molecule has 5 atom stereocenters. The van der Waals surface area contributed by atoms with Crippen LogP contribution in [0.1, 0.15) is 27.2 Å². The summed E-state index contributed by atoms with van der Waals surface area (Å²) in [5, 5.41) is 0. The molecule has 0 aromatic rings. The summed E-state index contributed by atoms with van der Waals surface area (Å²) in [5.41, 5.74) is 0. The minimum Gasteiger partial charge on any atom is -0.373 e. The van der Waals surface area contributed by atoms with Gasteiger partial charge in [0.05, 0.1) is 6.10 Å². The third-order valence-electron chi connectivity index (χ3n) is 3.47. The van der Waals surface area contributed by atoms with Crippen molar-refractivity contribution in [1.82, 2.24) is 0 Å². The number of hydrogen-bond donors (Lipinski definition) is 0. The predicted octanol–water partition coefficient (Wildman–Crippen LogP) is 1.29. The van der Waals surface area contributed by atoms with Gasteiger partial charge in [0.1, 0.15) is 12.2 Å². The van der Waals surface area contributed by atoms with Gasteiger partial charge in [-0.05, 0) is 26.2 Å². The topological polar surface area (TPSA) is 36.9 Å². The van der Waals surface area contributed by atoms with Gasteiger partial charge in [-0.2, -0.15) is 0 Å². The van der Waals surface area contributed by atoms with Crippen LogP contribution in [0.3, 0.4) is 0 Å². The van der Waals surface area contributed by atoms with Crippen LogP contribution in [0.25, 0.3) is 0 Å². The second-order valence-electron chi connectivity index (χ2n) is 5.17. The van der Waals surface area contributed by atoms with Crippen molar-refractivity contribution in [2.45, 2.75) is 57.6 Å². The van der Waals surface area contributed by atoms with Gasteiger partial charge in [0.15, 0.2) is 12.1 Å². The molecule has 0 amide bonds. The lowest BCUT2D eigenvalue weighted by atomic mass is 9.93. The molecule has 0 aliphatic carbocycles. The molecule has 3 aliphatic heterocycles. The molecule has 3 aliphatic rings. The standard InChI is InChI=1S/C11H18O4/c1-6-4-5-12-8-7(6)13-10-9(8)14-11(2,3)15-10/h6-10H,4-5H2,1-3H3/t6-,7+,8-,9+,10+/m0/s1. The highest BCUT2D eigenvalue weighted by molar-refractivity contribution is 4.97. The Hall–Kier alpha value is -0.160. The molecule has 0 aromatic carbocycles. The lowest BCUT2D eigenvalue weighted by Crippen LogP contribution is -2.43. The number of hydrogen-bond acceptors (Lipinski definition) is 4. The minimum atomic E-state index is -0.537. The zero-order valence-electron chi connectivity index (χ0n) is 9.43. The van der Waals surface area contributed by atoms with Gasteiger partial charge in [-0.1, -0.05) is 6.92 Å². The summed E-state index contributed by atoms with van der Waals surface area (Å²) in [4.78, 5) is 0. The summed E-state index contributed by atoms with van der Waals surface area (Å²) < 4.78 is 23.1. The van der Waals surface area contributed by atoms with Crippen molar-refractivity contribution in [3.05, 3.63) is 0 Å². The zero-order valence-corrected chi connectivity index (χ0v) is 9.43. The summed E-state index contributed by atoms with van der Waals surface area (Å²) in [6.45, 7) is 6.83. The van der Waals surface area contributed by atoms with E-state index in [0.29, 0.717) is 5.92 Å². The summed E-state index contributed by atoms with van der Waals surface area (Å²) >= 11 is 0. The van der Waals surface area contributed by atoms with Gasteiger partial charge in [-0.25, -0.2) is 0 Å². The first kappa shape index (κ1) is 10.0. The Kier molecular flexibility index (Phi) is 2.12. The Morgan fingerprint density at radius 3 is 2.67 bits per heavy atom. The molecule has 0 aromatic heterocycles. The highest BCUT2D eigenvalue weighted by Crippen LogP contribution is 2.42. The lowest BCUT2D eigenvalue weighted by Gasteiger charge is -2.33. The Morgan fingerprint density at radius 1 is 1.07 bits per heavy atom. The van der Waals surface area contributed by atoms with Gasteiger partial charge < -0.3 is 18.9 Å². The molecule has 4 nitrogen and oxygen atoms in total. The van der Waals surface area contributed by atoms with Crippen molar-refractivity contribution in [2.75, 3.05) is 6.61 Å². The average molecular weight is 214 g/mol. The molecule has 15 heavy (non-hydrogen) atoms. The van der Waals surface area contributed by atoms with E-state index < -0.39 is 5.79 Å². The molecule has 3 rings (SSSR count). The molecule has 3 heterocycles. The Labute approximate surface area is 89.8 Å². The van der Waals surface area contributed by atoms with Crippen molar-refractivity contribution < 1.29 is 18.9 Å². The molecule has 0 spiro atoms. The molecule has 0 radical (unpaired) electrons. The SMILES string of the molecule is C[C@H]1CCO[C@@H]2[C@H]3OC(C)(C)O[C@H]3O[C@@H]21. The minimum absolute atomic E-state index is 0.0484. The van der Waals surface area contributed by atoms with Crippen LogP contribution >= 0.6 is 0 Å². The molecule has 86 valence electrons. The van der Waals surface area contributed by atoms with Crippen LogP contribution in [0.5, 0.6) is 0 Å². The van der Waals surface area contributed by atoms with Crippen molar-refractivity contribution in [1.29, 1.82) is 0 Å². The third kappa shape index (κ3) is 1.51. The fourth-order valence-corrected chi connectivity index (χ4v) is 2.71. The second kappa shape index (κ2) is 3.17. The Bertz CT molecular complexity index is 265. The summed E-state index contributed by atoms with van der Waals surface area (Å²) in [6.07, 6.45) is 0.970. The fourth-order valence-electron chi connectivity index (χ4n) is 2.71. The monoisotopic (exact) mass is 214 g/mol. The van der Waals surface area contributed by atoms with E-state index in [1.165, 1.54) is 0 Å². The first-order chi connectivity index (χ1) is 7.07. The third-order valence-corrected chi connectivity index (χ3v) is 3.47. The van der Waals surface area contributed by atoms with Crippen LogP contribution in [0, 0.1) is 5.92 Å². The van der Waals surface area contributed by atoms with Crippen LogP contribution in [-0.4, -0.2) is 37.0 Å². The van der Waals surface area contributed by atoms with E-state index in [1.807, 2.05) is 13.8 Å². The fraction of sp³-hybridized carbons (Fsp3) is 1.00. The van der Waals surface area contributed by atoms with Gasteiger partial charge in [-0.3, -0.25) is 0 Å². The Morgan fingerprint density at radius 2 is 1.87 bits per heavy atom. The van der Waals surface area contributed by atoms with Gasteiger partial charge >= 0.3 is 0 Å². The molecular weight excluding hydrogens is 196 g/mol. The summed E-state index contributed by atoms with van der Waals surface area (Å²) in [7, 11) is 0. The highest BCUT2D eigenvalue weighted by Gasteiger charge is 2.57. The van der Waals surface area contributed by atoms with E-state index >= 15 is 0 Å². The van der Waals surface area contributed by atoms with Gasteiger partial charge in [0, 0.05) is 6.61 Å². The molecule has 0 bridgehead atoms. The molecule has 0 saturated carbocycles. The van der Waals surface area contributed by atoms with Crippen LogP contribution in [0.4, 0.5) is 0 Å². The Balaban J connectivity index is 1.79. The van der Waals surface area contributed by atoms with Crippen molar-refractivity contribution >= 4 is 0 Å². The van der Waals surface area contributed by atoms with Crippen LogP contribution in [0.15, 0.2) is 0 Å².